The summed E-state index contributed by atoms with van der Waals surface area (Å²) >= 11 is 0. The molecule has 0 aliphatic carbocycles. The molecule has 8 nitrogen and oxygen atoms in total. The zero-order chi connectivity index (χ0) is 24.3. The Bertz CT molecular complexity index is 1140. The van der Waals surface area contributed by atoms with Crippen molar-refractivity contribution < 1.29 is 18.7 Å². The van der Waals surface area contributed by atoms with Gasteiger partial charge in [0.05, 0.1) is 24.8 Å². The third-order valence-electron chi connectivity index (χ3n) is 5.13. The van der Waals surface area contributed by atoms with E-state index in [0.717, 1.165) is 11.3 Å². The summed E-state index contributed by atoms with van der Waals surface area (Å²) in [5, 5.41) is 11.9. The van der Waals surface area contributed by atoms with Gasteiger partial charge in [0.2, 0.25) is 5.91 Å². The number of urea groups is 1. The van der Waals surface area contributed by atoms with Crippen LogP contribution in [0.2, 0.25) is 0 Å². The summed E-state index contributed by atoms with van der Waals surface area (Å²) in [6, 6.07) is 21.6. The molecule has 2 aromatic carbocycles. The van der Waals surface area contributed by atoms with Crippen LogP contribution in [0.5, 0.6) is 0 Å². The maximum absolute atomic E-state index is 13.4. The Labute approximate surface area is 199 Å². The highest BCUT2D eigenvalue weighted by Crippen LogP contribution is 2.15. The highest BCUT2D eigenvalue weighted by molar-refractivity contribution is 5.92. The quantitative estimate of drug-likeness (QED) is 0.490. The van der Waals surface area contributed by atoms with Crippen molar-refractivity contribution in [2.24, 2.45) is 0 Å². The van der Waals surface area contributed by atoms with Crippen LogP contribution in [0.4, 0.5) is 10.5 Å². The van der Waals surface area contributed by atoms with E-state index in [9.17, 15) is 9.59 Å². The van der Waals surface area contributed by atoms with Crippen molar-refractivity contribution in [1.82, 2.24) is 9.80 Å². The van der Waals surface area contributed by atoms with Gasteiger partial charge in [-0.3, -0.25) is 4.79 Å². The predicted octanol–water partition coefficient (Wildman–Crippen LogP) is 4.17. The third-order valence-corrected chi connectivity index (χ3v) is 5.13. The molecule has 0 saturated carbocycles. The van der Waals surface area contributed by atoms with Gasteiger partial charge in [-0.05, 0) is 42.8 Å². The van der Waals surface area contributed by atoms with Crippen molar-refractivity contribution in [3.05, 3.63) is 89.4 Å². The van der Waals surface area contributed by atoms with Crippen LogP contribution in [0, 0.1) is 18.3 Å². The van der Waals surface area contributed by atoms with Gasteiger partial charge >= 0.3 is 6.03 Å². The number of nitrogens with one attached hydrogen (secondary N) is 1. The Morgan fingerprint density at radius 3 is 2.50 bits per heavy atom. The fourth-order valence-electron chi connectivity index (χ4n) is 3.38. The first kappa shape index (κ1) is 24.6. The monoisotopic (exact) mass is 460 g/mol. The first-order valence-corrected chi connectivity index (χ1v) is 10.9. The summed E-state index contributed by atoms with van der Waals surface area (Å²) in [7, 11) is 1.54. The van der Waals surface area contributed by atoms with E-state index in [4.69, 9.17) is 14.4 Å². The standard InChI is InChI=1S/C26H28N4O4/c1-20-11-12-24(34-20)18-30(17-21-7-4-3-5-8-21)25(31)19-29(13-14-33-2)26(32)28-23-10-6-9-22(15-23)16-27/h3-12,15H,13-14,17-19H2,1-2H3,(H,28,32). The minimum absolute atomic E-state index is 0.139. The molecular formula is C26H28N4O4. The lowest BCUT2D eigenvalue weighted by atomic mass is 10.2. The largest absolute Gasteiger partial charge is 0.464 e. The molecular weight excluding hydrogens is 432 g/mol. The summed E-state index contributed by atoms with van der Waals surface area (Å²) in [6.45, 7) is 2.87. The molecule has 1 N–H and O–H groups in total. The van der Waals surface area contributed by atoms with Crippen molar-refractivity contribution in [3.63, 3.8) is 0 Å². The molecule has 176 valence electrons. The van der Waals surface area contributed by atoms with Gasteiger partial charge in [0.1, 0.15) is 18.1 Å². The Hall–Kier alpha value is -4.09. The van der Waals surface area contributed by atoms with Crippen LogP contribution in [-0.2, 0) is 22.6 Å². The van der Waals surface area contributed by atoms with E-state index in [1.807, 2.05) is 55.5 Å². The van der Waals surface area contributed by atoms with E-state index in [2.05, 4.69) is 5.32 Å². The maximum Gasteiger partial charge on any atom is 0.322 e. The van der Waals surface area contributed by atoms with Crippen LogP contribution in [0.25, 0.3) is 0 Å². The van der Waals surface area contributed by atoms with Gasteiger partial charge < -0.3 is 24.3 Å². The SMILES string of the molecule is COCCN(CC(=O)N(Cc1ccccc1)Cc1ccc(C)o1)C(=O)Nc1cccc(C#N)c1. The molecule has 0 radical (unpaired) electrons. The molecule has 0 atom stereocenters. The lowest BCUT2D eigenvalue weighted by Gasteiger charge is -2.27. The number of ether oxygens (including phenoxy) is 1. The van der Waals surface area contributed by atoms with Gasteiger partial charge in [0.15, 0.2) is 0 Å². The number of nitriles is 1. The highest BCUT2D eigenvalue weighted by Gasteiger charge is 2.23. The average molecular weight is 461 g/mol. The zero-order valence-electron chi connectivity index (χ0n) is 19.4. The number of anilines is 1. The summed E-state index contributed by atoms with van der Waals surface area (Å²) in [4.78, 5) is 29.4. The molecule has 3 aromatic rings. The molecule has 1 heterocycles. The molecule has 0 saturated heterocycles. The molecule has 1 aromatic heterocycles. The van der Waals surface area contributed by atoms with E-state index in [1.54, 1.807) is 29.2 Å². The van der Waals surface area contributed by atoms with E-state index >= 15 is 0 Å². The predicted molar refractivity (Wildman–Crippen MR) is 128 cm³/mol. The van der Waals surface area contributed by atoms with E-state index in [-0.39, 0.29) is 32.1 Å². The lowest BCUT2D eigenvalue weighted by molar-refractivity contribution is -0.133. The van der Waals surface area contributed by atoms with E-state index < -0.39 is 6.03 Å². The normalized spacial score (nSPS) is 10.4. The Balaban J connectivity index is 1.76. The van der Waals surface area contributed by atoms with Crippen molar-refractivity contribution in [2.45, 2.75) is 20.0 Å². The first-order chi connectivity index (χ1) is 16.5. The molecule has 0 aliphatic heterocycles. The number of nitrogens with zero attached hydrogens (tertiary/aromatic N) is 3. The number of furan rings is 1. The third kappa shape index (κ3) is 7.22. The van der Waals surface area contributed by atoms with Gasteiger partial charge in [-0.25, -0.2) is 4.79 Å². The number of hydrogen-bond donors (Lipinski definition) is 1. The molecule has 8 heteroatoms. The summed E-state index contributed by atoms with van der Waals surface area (Å²) in [5.41, 5.74) is 1.88. The highest BCUT2D eigenvalue weighted by atomic mass is 16.5. The number of methoxy groups -OCH3 is 1. The van der Waals surface area contributed by atoms with E-state index in [0.29, 0.717) is 23.6 Å². The molecule has 3 rings (SSSR count). The van der Waals surface area contributed by atoms with Gasteiger partial charge in [-0.1, -0.05) is 36.4 Å². The second kappa shape index (κ2) is 12.2. The molecule has 0 spiro atoms. The van der Waals surface area contributed by atoms with Crippen LogP contribution in [-0.4, -0.2) is 48.5 Å². The van der Waals surface area contributed by atoms with Crippen molar-refractivity contribution in [1.29, 1.82) is 5.26 Å². The number of amides is 3. The number of rotatable bonds is 10. The fourth-order valence-corrected chi connectivity index (χ4v) is 3.38. The second-order valence-electron chi connectivity index (χ2n) is 7.78. The van der Waals surface area contributed by atoms with Crippen molar-refractivity contribution in [2.75, 3.05) is 32.1 Å². The molecule has 0 aliphatic rings. The molecule has 3 amide bonds. The van der Waals surface area contributed by atoms with Gasteiger partial charge in [-0.15, -0.1) is 0 Å². The number of carbonyl (C=O) groups is 2. The zero-order valence-corrected chi connectivity index (χ0v) is 19.4. The minimum atomic E-state index is -0.450. The van der Waals surface area contributed by atoms with Gasteiger partial charge in [-0.2, -0.15) is 5.26 Å². The Morgan fingerprint density at radius 1 is 1.03 bits per heavy atom. The van der Waals surface area contributed by atoms with Gasteiger partial charge in [0.25, 0.3) is 0 Å². The van der Waals surface area contributed by atoms with Crippen LogP contribution in [0.1, 0.15) is 22.6 Å². The maximum atomic E-state index is 13.4. The number of benzene rings is 2. The molecule has 0 fully saturated rings. The topological polar surface area (TPSA) is 98.8 Å². The summed E-state index contributed by atoms with van der Waals surface area (Å²) < 4.78 is 10.8. The lowest BCUT2D eigenvalue weighted by Crippen LogP contribution is -2.45. The Morgan fingerprint density at radius 2 is 1.82 bits per heavy atom. The number of aryl methyl sites for hydroxylation is 1. The molecule has 0 bridgehead atoms. The number of hydrogen-bond acceptors (Lipinski definition) is 5. The number of carbonyl (C=O) groups excluding carboxylic acids is 2. The summed E-state index contributed by atoms with van der Waals surface area (Å²) in [6.07, 6.45) is 0. The van der Waals surface area contributed by atoms with Crippen LogP contribution < -0.4 is 5.32 Å². The van der Waals surface area contributed by atoms with Crippen LogP contribution >= 0.6 is 0 Å². The Kier molecular flexibility index (Phi) is 8.83. The van der Waals surface area contributed by atoms with Crippen molar-refractivity contribution in [3.8, 4) is 6.07 Å². The van der Waals surface area contributed by atoms with E-state index in [1.165, 1.54) is 12.0 Å². The fraction of sp³-hybridized carbons (Fsp3) is 0.269. The van der Waals surface area contributed by atoms with Crippen LogP contribution in [0.15, 0.2) is 71.1 Å². The molecule has 34 heavy (non-hydrogen) atoms. The first-order valence-electron chi connectivity index (χ1n) is 10.9. The smallest absolute Gasteiger partial charge is 0.322 e. The summed E-state index contributed by atoms with van der Waals surface area (Å²) in [5.74, 6) is 1.21. The van der Waals surface area contributed by atoms with Crippen LogP contribution in [0.3, 0.4) is 0 Å². The average Bonchev–Trinajstić information content (AvgIpc) is 3.26. The van der Waals surface area contributed by atoms with Crippen molar-refractivity contribution >= 4 is 17.6 Å². The second-order valence-corrected chi connectivity index (χ2v) is 7.78. The minimum Gasteiger partial charge on any atom is -0.464 e. The van der Waals surface area contributed by atoms with Gasteiger partial charge in [0, 0.05) is 25.9 Å². The molecule has 0 unspecified atom stereocenters.